The maximum absolute atomic E-state index is 13.1. The summed E-state index contributed by atoms with van der Waals surface area (Å²) in [5.41, 5.74) is -3.49. The molecule has 3 aromatic rings. The van der Waals surface area contributed by atoms with Gasteiger partial charge in [0, 0.05) is 51.0 Å². The average molecular weight is 637 g/mol. The van der Waals surface area contributed by atoms with Gasteiger partial charge in [-0.05, 0) is 42.5 Å². The molecule has 3 heterocycles. The zero-order valence-corrected chi connectivity index (χ0v) is 22.7. The van der Waals surface area contributed by atoms with Crippen LogP contribution in [0.15, 0.2) is 59.0 Å². The van der Waals surface area contributed by atoms with Crippen molar-refractivity contribution in [3.8, 4) is 17.1 Å². The van der Waals surface area contributed by atoms with Crippen LogP contribution in [0.1, 0.15) is 16.9 Å². The predicted molar refractivity (Wildman–Crippen MR) is 139 cm³/mol. The first-order chi connectivity index (χ1) is 20.5. The summed E-state index contributed by atoms with van der Waals surface area (Å²) in [6, 6.07) is 8.98. The van der Waals surface area contributed by atoms with Crippen molar-refractivity contribution < 1.29 is 53.5 Å². The zero-order chi connectivity index (χ0) is 31.9. The van der Waals surface area contributed by atoms with Gasteiger partial charge in [0.1, 0.15) is 17.3 Å². The molecule has 2 amide bonds. The number of rotatable bonds is 6. The van der Waals surface area contributed by atoms with Crippen LogP contribution in [0.25, 0.3) is 11.3 Å². The minimum Gasteiger partial charge on any atom is -0.460 e. The third kappa shape index (κ3) is 7.59. The molecular formula is C28H25F9N4O3. The summed E-state index contributed by atoms with van der Waals surface area (Å²) in [4.78, 5) is 18.1. The van der Waals surface area contributed by atoms with Crippen LogP contribution in [-0.2, 0) is 18.9 Å². The number of urea groups is 1. The number of hydrogen-bond donors (Lipinski definition) is 1. The van der Waals surface area contributed by atoms with Crippen molar-refractivity contribution in [2.75, 3.05) is 44.6 Å². The Morgan fingerprint density at radius 3 is 2.05 bits per heavy atom. The topological polar surface area (TPSA) is 61.2 Å². The lowest BCUT2D eigenvalue weighted by molar-refractivity contribution is -0.274. The van der Waals surface area contributed by atoms with E-state index in [1.807, 2.05) is 0 Å². The van der Waals surface area contributed by atoms with Gasteiger partial charge in [0.2, 0.25) is 0 Å². The molecule has 0 unspecified atom stereocenters. The Hall–Kier alpha value is -3.92. The van der Waals surface area contributed by atoms with Crippen LogP contribution in [0.5, 0.6) is 5.75 Å². The highest BCUT2D eigenvalue weighted by molar-refractivity contribution is 5.90. The van der Waals surface area contributed by atoms with Crippen molar-refractivity contribution in [3.63, 3.8) is 0 Å². The third-order valence-electron chi connectivity index (χ3n) is 7.33. The fourth-order valence-corrected chi connectivity index (χ4v) is 5.08. The van der Waals surface area contributed by atoms with E-state index in [9.17, 15) is 44.3 Å². The lowest BCUT2D eigenvalue weighted by atomic mass is 10.1. The summed E-state index contributed by atoms with van der Waals surface area (Å²) in [5, 5.41) is 2.14. The Morgan fingerprint density at radius 1 is 0.841 bits per heavy atom. The molecule has 0 saturated carbocycles. The van der Waals surface area contributed by atoms with Gasteiger partial charge in [0.05, 0.1) is 23.2 Å². The molecule has 5 rings (SSSR count). The minimum atomic E-state index is -5.03. The van der Waals surface area contributed by atoms with Gasteiger partial charge in [0.15, 0.2) is 0 Å². The molecular weight excluding hydrogens is 611 g/mol. The average Bonchev–Trinajstić information content (AvgIpc) is 3.35. The lowest BCUT2D eigenvalue weighted by Crippen LogP contribution is -2.64. The summed E-state index contributed by atoms with van der Waals surface area (Å²) < 4.78 is 127. The predicted octanol–water partition coefficient (Wildman–Crippen LogP) is 6.92. The molecule has 2 aliphatic heterocycles. The van der Waals surface area contributed by atoms with Crippen molar-refractivity contribution in [3.05, 3.63) is 71.5 Å². The largest absolute Gasteiger partial charge is 0.573 e. The van der Waals surface area contributed by atoms with Crippen molar-refractivity contribution in [1.82, 2.24) is 14.7 Å². The number of amides is 2. The number of carbonyl (C=O) groups is 1. The Kier molecular flexibility index (Phi) is 8.50. The number of halogens is 9. The number of carbonyl (C=O) groups excluding carboxylic acids is 1. The van der Waals surface area contributed by atoms with Crippen molar-refractivity contribution in [2.24, 2.45) is 0 Å². The van der Waals surface area contributed by atoms with Crippen LogP contribution >= 0.6 is 0 Å². The highest BCUT2D eigenvalue weighted by Crippen LogP contribution is 2.38. The van der Waals surface area contributed by atoms with Crippen LogP contribution < -0.4 is 10.1 Å². The van der Waals surface area contributed by atoms with Gasteiger partial charge in [-0.2, -0.15) is 26.3 Å². The lowest BCUT2D eigenvalue weighted by Gasteiger charge is -2.47. The van der Waals surface area contributed by atoms with Gasteiger partial charge < -0.3 is 19.4 Å². The molecule has 44 heavy (non-hydrogen) atoms. The van der Waals surface area contributed by atoms with E-state index in [0.29, 0.717) is 50.6 Å². The normalized spacial score (nSPS) is 17.4. The number of piperazine rings is 1. The second-order valence-electron chi connectivity index (χ2n) is 10.4. The van der Waals surface area contributed by atoms with Gasteiger partial charge in [-0.1, -0.05) is 12.1 Å². The van der Waals surface area contributed by atoms with Crippen LogP contribution in [0.3, 0.4) is 0 Å². The van der Waals surface area contributed by atoms with Crippen molar-refractivity contribution >= 4 is 11.7 Å². The zero-order valence-electron chi connectivity index (χ0n) is 22.7. The van der Waals surface area contributed by atoms with Crippen LogP contribution in [0.2, 0.25) is 0 Å². The molecule has 0 aliphatic carbocycles. The Labute approximate surface area is 244 Å². The smallest absolute Gasteiger partial charge is 0.460 e. The highest BCUT2D eigenvalue weighted by Gasteiger charge is 2.39. The number of para-hydroxylation sites is 1. The molecule has 2 aliphatic rings. The van der Waals surface area contributed by atoms with E-state index in [1.165, 1.54) is 23.1 Å². The SMILES string of the molecule is O=C(Nc1cc(C(F)(F)F)cc(C(F)(F)F)c1)N1CC(N2CCN(Cc3ccc(-c4ccccc4OC(F)(F)F)o3)CC2)C1. The second kappa shape index (κ2) is 11.9. The maximum atomic E-state index is 13.1. The first-order valence-electron chi connectivity index (χ1n) is 13.3. The van der Waals surface area contributed by atoms with Crippen LogP contribution in [0, 0.1) is 0 Å². The molecule has 16 heteroatoms. The number of likely N-dealkylation sites (tertiary alicyclic amines) is 1. The molecule has 0 atom stereocenters. The first-order valence-corrected chi connectivity index (χ1v) is 13.3. The molecule has 0 bridgehead atoms. The second-order valence-corrected chi connectivity index (χ2v) is 10.4. The van der Waals surface area contributed by atoms with Gasteiger partial charge in [-0.3, -0.25) is 9.80 Å². The molecule has 0 radical (unpaired) electrons. The summed E-state index contributed by atoms with van der Waals surface area (Å²) in [5.74, 6) is 0.398. The molecule has 2 saturated heterocycles. The highest BCUT2D eigenvalue weighted by atomic mass is 19.4. The van der Waals surface area contributed by atoms with E-state index in [1.54, 1.807) is 18.2 Å². The van der Waals surface area contributed by atoms with Gasteiger partial charge in [-0.25, -0.2) is 4.79 Å². The number of hydrogen-bond acceptors (Lipinski definition) is 5. The maximum Gasteiger partial charge on any atom is 0.573 e. The van der Waals surface area contributed by atoms with Gasteiger partial charge in [-0.15, -0.1) is 13.2 Å². The molecule has 2 aromatic carbocycles. The summed E-state index contributed by atoms with van der Waals surface area (Å²) >= 11 is 0. The van der Waals surface area contributed by atoms with E-state index in [2.05, 4.69) is 19.9 Å². The third-order valence-corrected chi connectivity index (χ3v) is 7.33. The molecule has 7 nitrogen and oxygen atoms in total. The fourth-order valence-electron chi connectivity index (χ4n) is 5.08. The van der Waals surface area contributed by atoms with Crippen molar-refractivity contribution in [1.29, 1.82) is 0 Å². The summed E-state index contributed by atoms with van der Waals surface area (Å²) in [6.45, 7) is 3.40. The molecule has 2 fully saturated rings. The quantitative estimate of drug-likeness (QED) is 0.298. The Balaban J connectivity index is 1.11. The number of alkyl halides is 9. The van der Waals surface area contributed by atoms with Crippen LogP contribution in [0.4, 0.5) is 50.0 Å². The molecule has 1 N–H and O–H groups in total. The fraction of sp³-hybridized carbons (Fsp3) is 0.393. The number of anilines is 1. The van der Waals surface area contributed by atoms with Crippen LogP contribution in [-0.4, -0.2) is 72.4 Å². The number of furan rings is 1. The standard InChI is InChI=1S/C28H25F9N4O3/c29-26(30,31)17-11-18(27(32,33)34)13-19(12-17)38-25(42)41-14-20(15-41)40-9-7-39(8-10-40)16-21-5-6-23(43-21)22-3-1-2-4-24(22)44-28(35,36)37/h1-6,11-13,20H,7-10,14-16H2,(H,38,42). The number of nitrogens with one attached hydrogen (secondary N) is 1. The summed E-state index contributed by atoms with van der Waals surface area (Å²) in [6.07, 6.45) is -14.9. The molecule has 238 valence electrons. The van der Waals surface area contributed by atoms with E-state index >= 15 is 0 Å². The number of ether oxygens (including phenoxy) is 1. The van der Waals surface area contributed by atoms with E-state index in [0.717, 1.165) is 0 Å². The first kappa shape index (κ1) is 31.5. The molecule has 0 spiro atoms. The minimum absolute atomic E-state index is 0.00751. The Morgan fingerprint density at radius 2 is 1.45 bits per heavy atom. The molecule has 1 aromatic heterocycles. The van der Waals surface area contributed by atoms with Gasteiger partial charge >= 0.3 is 24.7 Å². The number of benzene rings is 2. The summed E-state index contributed by atoms with van der Waals surface area (Å²) in [7, 11) is 0. The van der Waals surface area contributed by atoms with E-state index < -0.39 is 41.6 Å². The van der Waals surface area contributed by atoms with E-state index in [-0.39, 0.29) is 42.3 Å². The van der Waals surface area contributed by atoms with Gasteiger partial charge in [0.25, 0.3) is 0 Å². The van der Waals surface area contributed by atoms with E-state index in [4.69, 9.17) is 4.42 Å². The number of nitrogens with zero attached hydrogens (tertiary/aromatic N) is 3. The van der Waals surface area contributed by atoms with Crippen molar-refractivity contribution in [2.45, 2.75) is 31.3 Å². The Bertz CT molecular complexity index is 1440. The monoisotopic (exact) mass is 636 g/mol.